The van der Waals surface area contributed by atoms with E-state index in [2.05, 4.69) is 22.8 Å². The highest BCUT2D eigenvalue weighted by atomic mass is 35.5. The van der Waals surface area contributed by atoms with Gasteiger partial charge >= 0.3 is 0 Å². The molecule has 1 atom stereocenters. The molecular formula is C13H19ClN2O2S. The highest BCUT2D eigenvalue weighted by Crippen LogP contribution is 2.15. The van der Waals surface area contributed by atoms with Crippen molar-refractivity contribution in [3.63, 3.8) is 0 Å². The van der Waals surface area contributed by atoms with Crippen LogP contribution in [0.25, 0.3) is 0 Å². The Hall–Kier alpha value is -0.750. The van der Waals surface area contributed by atoms with Gasteiger partial charge in [-0.05, 0) is 12.1 Å². The lowest BCUT2D eigenvalue weighted by molar-refractivity contribution is -0.134. The van der Waals surface area contributed by atoms with E-state index in [1.807, 2.05) is 18.2 Å². The number of thioether (sulfide) groups is 1. The summed E-state index contributed by atoms with van der Waals surface area (Å²) in [5, 5.41) is 6.04. The summed E-state index contributed by atoms with van der Waals surface area (Å²) in [6, 6.07) is 10.2. The molecule has 1 aliphatic rings. The van der Waals surface area contributed by atoms with Gasteiger partial charge in [-0.2, -0.15) is 0 Å². The smallest absolute Gasteiger partial charge is 0.250 e. The molecular weight excluding hydrogens is 284 g/mol. The Morgan fingerprint density at radius 2 is 2.21 bits per heavy atom. The minimum atomic E-state index is -0.333. The molecule has 1 aliphatic heterocycles. The third-order valence-electron chi connectivity index (χ3n) is 2.63. The van der Waals surface area contributed by atoms with Gasteiger partial charge in [-0.15, -0.1) is 24.2 Å². The Balaban J connectivity index is 0.00000180. The van der Waals surface area contributed by atoms with Crippen molar-refractivity contribution in [3.8, 4) is 0 Å². The molecule has 0 saturated carbocycles. The molecule has 1 amide bonds. The molecule has 1 heterocycles. The molecule has 1 saturated heterocycles. The van der Waals surface area contributed by atoms with Crippen molar-refractivity contribution >= 4 is 30.1 Å². The fraction of sp³-hybridized carbons (Fsp3) is 0.462. The van der Waals surface area contributed by atoms with Crippen LogP contribution in [0.4, 0.5) is 0 Å². The van der Waals surface area contributed by atoms with E-state index in [0.717, 1.165) is 12.3 Å². The summed E-state index contributed by atoms with van der Waals surface area (Å²) in [7, 11) is 0. The Morgan fingerprint density at radius 3 is 2.89 bits per heavy atom. The van der Waals surface area contributed by atoms with Crippen molar-refractivity contribution in [2.75, 3.05) is 32.0 Å². The molecule has 0 aromatic heterocycles. The molecule has 1 fully saturated rings. The quantitative estimate of drug-likeness (QED) is 0.636. The van der Waals surface area contributed by atoms with Gasteiger partial charge in [-0.1, -0.05) is 18.2 Å². The topological polar surface area (TPSA) is 50.4 Å². The zero-order valence-corrected chi connectivity index (χ0v) is 12.3. The van der Waals surface area contributed by atoms with Gasteiger partial charge in [0.2, 0.25) is 5.91 Å². The molecule has 1 aromatic carbocycles. The number of benzene rings is 1. The van der Waals surface area contributed by atoms with E-state index >= 15 is 0 Å². The molecule has 0 bridgehead atoms. The van der Waals surface area contributed by atoms with E-state index in [9.17, 15) is 4.79 Å². The Labute approximate surface area is 124 Å². The summed E-state index contributed by atoms with van der Waals surface area (Å²) in [5.74, 6) is 0.853. The summed E-state index contributed by atoms with van der Waals surface area (Å²) in [4.78, 5) is 12.9. The standard InChI is InChI=1S/C13H18N2O2S.ClH/c16-13(12-10-14-6-8-17-12)15-7-9-18-11-4-2-1-3-5-11;/h1-5,12,14H,6-10H2,(H,15,16);1H. The second-order valence-electron chi connectivity index (χ2n) is 4.02. The summed E-state index contributed by atoms with van der Waals surface area (Å²) in [6.45, 7) is 2.71. The third kappa shape index (κ3) is 5.82. The molecule has 0 radical (unpaired) electrons. The van der Waals surface area contributed by atoms with Crippen LogP contribution in [0.2, 0.25) is 0 Å². The normalized spacial score (nSPS) is 18.4. The average Bonchev–Trinajstić information content (AvgIpc) is 2.45. The molecule has 6 heteroatoms. The van der Waals surface area contributed by atoms with Crippen LogP contribution in [0.5, 0.6) is 0 Å². The number of carbonyl (C=O) groups is 1. The lowest BCUT2D eigenvalue weighted by Gasteiger charge is -2.22. The maximum absolute atomic E-state index is 11.7. The van der Waals surface area contributed by atoms with Crippen molar-refractivity contribution < 1.29 is 9.53 Å². The molecule has 1 unspecified atom stereocenters. The first kappa shape index (κ1) is 16.3. The lowest BCUT2D eigenvalue weighted by atomic mass is 10.3. The van der Waals surface area contributed by atoms with E-state index in [-0.39, 0.29) is 24.4 Å². The zero-order valence-electron chi connectivity index (χ0n) is 10.6. The first-order chi connectivity index (χ1) is 8.86. The van der Waals surface area contributed by atoms with E-state index in [0.29, 0.717) is 19.7 Å². The lowest BCUT2D eigenvalue weighted by Crippen LogP contribution is -2.48. The van der Waals surface area contributed by atoms with Crippen LogP contribution in [0.15, 0.2) is 35.2 Å². The Kier molecular flexibility index (Phi) is 7.90. The van der Waals surface area contributed by atoms with Gasteiger partial charge in [0.1, 0.15) is 6.10 Å². The second kappa shape index (κ2) is 9.20. The first-order valence-corrected chi connectivity index (χ1v) is 7.13. The summed E-state index contributed by atoms with van der Waals surface area (Å²) < 4.78 is 5.37. The van der Waals surface area contributed by atoms with E-state index in [1.54, 1.807) is 11.8 Å². The molecule has 106 valence electrons. The van der Waals surface area contributed by atoms with Crippen molar-refractivity contribution in [2.24, 2.45) is 0 Å². The number of amides is 1. The van der Waals surface area contributed by atoms with Gasteiger partial charge < -0.3 is 15.4 Å². The number of rotatable bonds is 5. The van der Waals surface area contributed by atoms with Crippen molar-refractivity contribution in [3.05, 3.63) is 30.3 Å². The molecule has 0 aliphatic carbocycles. The van der Waals surface area contributed by atoms with Gasteiger partial charge in [-0.3, -0.25) is 4.79 Å². The molecule has 2 N–H and O–H groups in total. The van der Waals surface area contributed by atoms with Gasteiger partial charge in [0.25, 0.3) is 0 Å². The number of nitrogens with one attached hydrogen (secondary N) is 2. The summed E-state index contributed by atoms with van der Waals surface area (Å²) in [5.41, 5.74) is 0. The van der Waals surface area contributed by atoms with Crippen LogP contribution in [-0.4, -0.2) is 44.0 Å². The number of morpholine rings is 1. The fourth-order valence-electron chi connectivity index (χ4n) is 1.71. The average molecular weight is 303 g/mol. The minimum absolute atomic E-state index is 0. The van der Waals surface area contributed by atoms with Gasteiger partial charge in [0.05, 0.1) is 6.61 Å². The van der Waals surface area contributed by atoms with Crippen molar-refractivity contribution in [1.82, 2.24) is 10.6 Å². The minimum Gasteiger partial charge on any atom is -0.366 e. The molecule has 4 nitrogen and oxygen atoms in total. The van der Waals surface area contributed by atoms with Crippen LogP contribution >= 0.6 is 24.2 Å². The number of hydrogen-bond donors (Lipinski definition) is 2. The largest absolute Gasteiger partial charge is 0.366 e. The van der Waals surface area contributed by atoms with Crippen LogP contribution in [-0.2, 0) is 9.53 Å². The molecule has 1 aromatic rings. The van der Waals surface area contributed by atoms with Gasteiger partial charge in [0.15, 0.2) is 0 Å². The second-order valence-corrected chi connectivity index (χ2v) is 5.18. The number of ether oxygens (including phenoxy) is 1. The highest BCUT2D eigenvalue weighted by Gasteiger charge is 2.20. The van der Waals surface area contributed by atoms with E-state index in [4.69, 9.17) is 4.74 Å². The Morgan fingerprint density at radius 1 is 1.42 bits per heavy atom. The summed E-state index contributed by atoms with van der Waals surface area (Å²) >= 11 is 1.74. The predicted molar refractivity (Wildman–Crippen MR) is 80.0 cm³/mol. The monoisotopic (exact) mass is 302 g/mol. The Bertz CT molecular complexity index is 372. The van der Waals surface area contributed by atoms with Crippen molar-refractivity contribution in [2.45, 2.75) is 11.0 Å². The van der Waals surface area contributed by atoms with Gasteiger partial charge in [-0.25, -0.2) is 0 Å². The zero-order chi connectivity index (χ0) is 12.6. The number of halogens is 1. The molecule has 0 spiro atoms. The van der Waals surface area contributed by atoms with E-state index < -0.39 is 0 Å². The predicted octanol–water partition coefficient (Wildman–Crippen LogP) is 1.31. The van der Waals surface area contributed by atoms with Crippen LogP contribution in [0.1, 0.15) is 0 Å². The number of hydrogen-bond acceptors (Lipinski definition) is 4. The first-order valence-electron chi connectivity index (χ1n) is 6.14. The van der Waals surface area contributed by atoms with Gasteiger partial charge in [0, 0.05) is 30.3 Å². The highest BCUT2D eigenvalue weighted by molar-refractivity contribution is 7.99. The molecule has 19 heavy (non-hydrogen) atoms. The fourth-order valence-corrected chi connectivity index (χ4v) is 2.50. The third-order valence-corrected chi connectivity index (χ3v) is 3.65. The maximum Gasteiger partial charge on any atom is 0.250 e. The maximum atomic E-state index is 11.7. The molecule has 2 rings (SSSR count). The van der Waals surface area contributed by atoms with Crippen LogP contribution < -0.4 is 10.6 Å². The SMILES string of the molecule is Cl.O=C(NCCSc1ccccc1)C1CNCCO1. The van der Waals surface area contributed by atoms with E-state index in [1.165, 1.54) is 4.90 Å². The van der Waals surface area contributed by atoms with Crippen LogP contribution in [0.3, 0.4) is 0 Å². The number of carbonyl (C=O) groups excluding carboxylic acids is 1. The van der Waals surface area contributed by atoms with Crippen molar-refractivity contribution in [1.29, 1.82) is 0 Å². The summed E-state index contributed by atoms with van der Waals surface area (Å²) in [6.07, 6.45) is -0.333. The van der Waals surface area contributed by atoms with Crippen LogP contribution in [0, 0.1) is 0 Å².